The Labute approximate surface area is 144 Å². The van der Waals surface area contributed by atoms with Crippen molar-refractivity contribution >= 4 is 40.5 Å². The molecule has 5 heteroatoms. The van der Waals surface area contributed by atoms with E-state index < -0.39 is 0 Å². The molecule has 0 bridgehead atoms. The molecule has 2 aromatic carbocycles. The Morgan fingerprint density at radius 3 is 2.70 bits per heavy atom. The molecule has 0 unspecified atom stereocenters. The Kier molecular flexibility index (Phi) is 4.38. The van der Waals surface area contributed by atoms with E-state index in [2.05, 4.69) is 10.9 Å². The van der Waals surface area contributed by atoms with Crippen LogP contribution in [-0.4, -0.2) is 24.7 Å². The average Bonchev–Trinajstić information content (AvgIpc) is 2.66. The van der Waals surface area contributed by atoms with Gasteiger partial charge in [0.25, 0.3) is 0 Å². The van der Waals surface area contributed by atoms with Crippen LogP contribution in [0, 0.1) is 12.3 Å². The highest BCUT2D eigenvalue weighted by molar-refractivity contribution is 6.37. The summed E-state index contributed by atoms with van der Waals surface area (Å²) in [5.74, 6) is 2.35. The van der Waals surface area contributed by atoms with Crippen molar-refractivity contribution in [1.29, 1.82) is 0 Å². The molecule has 1 amide bonds. The van der Waals surface area contributed by atoms with Gasteiger partial charge in [-0.25, -0.2) is 0 Å². The lowest BCUT2D eigenvalue weighted by Gasteiger charge is -2.21. The number of benzodiazepines with no additional fused rings is 1. The molecule has 3 nitrogen and oxygen atoms in total. The van der Waals surface area contributed by atoms with Crippen molar-refractivity contribution in [2.45, 2.75) is 0 Å². The normalized spacial score (nSPS) is 13.9. The van der Waals surface area contributed by atoms with Crippen LogP contribution in [0.5, 0.6) is 0 Å². The first-order valence-electron chi connectivity index (χ1n) is 6.95. The van der Waals surface area contributed by atoms with Gasteiger partial charge in [-0.2, -0.15) is 0 Å². The van der Waals surface area contributed by atoms with Crippen molar-refractivity contribution in [3.05, 3.63) is 63.6 Å². The Balaban J connectivity index is 2.24. The average molecular weight is 343 g/mol. The third-order valence-electron chi connectivity index (χ3n) is 3.56. The molecule has 2 aromatic rings. The smallest absolute Gasteiger partial charge is 0.249 e. The first-order chi connectivity index (χ1) is 11.1. The van der Waals surface area contributed by atoms with E-state index in [1.807, 2.05) is 18.2 Å². The van der Waals surface area contributed by atoms with Gasteiger partial charge >= 0.3 is 0 Å². The molecule has 3 rings (SSSR count). The molecule has 0 atom stereocenters. The number of nitrogens with zero attached hydrogens (tertiary/aromatic N) is 2. The van der Waals surface area contributed by atoms with Crippen LogP contribution in [0.3, 0.4) is 0 Å². The lowest BCUT2D eigenvalue weighted by molar-refractivity contribution is -0.117. The van der Waals surface area contributed by atoms with Crippen molar-refractivity contribution < 1.29 is 4.79 Å². The second-order valence-electron chi connectivity index (χ2n) is 4.99. The number of anilines is 1. The lowest BCUT2D eigenvalue weighted by atomic mass is 10.00. The van der Waals surface area contributed by atoms with Crippen molar-refractivity contribution in [2.24, 2.45) is 4.99 Å². The quantitative estimate of drug-likeness (QED) is 0.763. The summed E-state index contributed by atoms with van der Waals surface area (Å²) in [4.78, 5) is 18.4. The van der Waals surface area contributed by atoms with Gasteiger partial charge in [0.05, 0.1) is 17.9 Å². The summed E-state index contributed by atoms with van der Waals surface area (Å²) >= 11 is 12.5. The molecular weight excluding hydrogens is 331 g/mol. The number of rotatable bonds is 2. The van der Waals surface area contributed by atoms with Gasteiger partial charge in [0.1, 0.15) is 6.54 Å². The minimum atomic E-state index is -0.159. The summed E-state index contributed by atoms with van der Waals surface area (Å²) in [5.41, 5.74) is 2.83. The summed E-state index contributed by atoms with van der Waals surface area (Å²) in [7, 11) is 0. The van der Waals surface area contributed by atoms with E-state index in [1.165, 1.54) is 0 Å². The maximum Gasteiger partial charge on any atom is 0.249 e. The molecule has 114 valence electrons. The Morgan fingerprint density at radius 1 is 1.17 bits per heavy atom. The van der Waals surface area contributed by atoms with Crippen LogP contribution in [0.1, 0.15) is 11.1 Å². The van der Waals surface area contributed by atoms with Crippen LogP contribution in [0.2, 0.25) is 10.0 Å². The van der Waals surface area contributed by atoms with Crippen molar-refractivity contribution in [1.82, 2.24) is 0 Å². The third-order valence-corrected chi connectivity index (χ3v) is 4.12. The Morgan fingerprint density at radius 2 is 1.96 bits per heavy atom. The van der Waals surface area contributed by atoms with E-state index in [0.717, 1.165) is 11.1 Å². The second-order valence-corrected chi connectivity index (χ2v) is 5.83. The van der Waals surface area contributed by atoms with Gasteiger partial charge in [-0.15, -0.1) is 6.42 Å². The SMILES string of the molecule is C#CCN1C(=O)CN=C(c2ccccc2Cl)c2cc(Cl)ccc21. The molecule has 0 N–H and O–H groups in total. The van der Waals surface area contributed by atoms with Gasteiger partial charge in [0.15, 0.2) is 0 Å². The van der Waals surface area contributed by atoms with E-state index in [4.69, 9.17) is 29.6 Å². The number of hydrogen-bond acceptors (Lipinski definition) is 2. The number of fused-ring (bicyclic) bond motifs is 1. The van der Waals surface area contributed by atoms with Crippen molar-refractivity contribution in [3.8, 4) is 12.3 Å². The molecular formula is C18H12Cl2N2O. The summed E-state index contributed by atoms with van der Waals surface area (Å²) in [6.07, 6.45) is 5.40. The number of carbonyl (C=O) groups is 1. The largest absolute Gasteiger partial charge is 0.299 e. The summed E-state index contributed by atoms with van der Waals surface area (Å²) in [5, 5.41) is 1.12. The molecule has 0 radical (unpaired) electrons. The standard InChI is InChI=1S/C18H12Cl2N2O/c1-2-9-22-16-8-7-12(19)10-14(16)18(21-11-17(22)23)13-5-3-4-6-15(13)20/h1,3-8,10H,9,11H2. The zero-order valence-electron chi connectivity index (χ0n) is 12.1. The fourth-order valence-corrected chi connectivity index (χ4v) is 2.93. The number of carbonyl (C=O) groups excluding carboxylic acids is 1. The van der Waals surface area contributed by atoms with Gasteiger partial charge < -0.3 is 0 Å². The number of aliphatic imine (C=N–C) groups is 1. The maximum absolute atomic E-state index is 12.4. The molecule has 0 saturated heterocycles. The summed E-state index contributed by atoms with van der Waals surface area (Å²) in [6.45, 7) is 0.188. The van der Waals surface area contributed by atoms with Gasteiger partial charge in [-0.3, -0.25) is 14.7 Å². The molecule has 0 saturated carbocycles. The summed E-state index contributed by atoms with van der Waals surface area (Å²) in [6, 6.07) is 12.7. The van der Waals surface area contributed by atoms with Gasteiger partial charge in [0.2, 0.25) is 5.91 Å². The highest BCUT2D eigenvalue weighted by Gasteiger charge is 2.25. The molecule has 0 aliphatic carbocycles. The van der Waals surface area contributed by atoms with Crippen molar-refractivity contribution in [3.63, 3.8) is 0 Å². The lowest BCUT2D eigenvalue weighted by Crippen LogP contribution is -2.32. The third kappa shape index (κ3) is 2.96. The minimum absolute atomic E-state index is 0.00847. The predicted octanol–water partition coefficient (Wildman–Crippen LogP) is 3.81. The molecule has 1 aliphatic rings. The number of benzene rings is 2. The van der Waals surface area contributed by atoms with Crippen LogP contribution in [0.15, 0.2) is 47.5 Å². The van der Waals surface area contributed by atoms with Gasteiger partial charge in [0, 0.05) is 21.2 Å². The minimum Gasteiger partial charge on any atom is -0.299 e. The van der Waals surface area contributed by atoms with Gasteiger partial charge in [-0.1, -0.05) is 47.3 Å². The second kappa shape index (κ2) is 6.45. The van der Waals surface area contributed by atoms with Crippen LogP contribution < -0.4 is 4.90 Å². The van der Waals surface area contributed by atoms with Crippen LogP contribution in [0.25, 0.3) is 0 Å². The molecule has 0 spiro atoms. The number of amides is 1. The highest BCUT2D eigenvalue weighted by atomic mass is 35.5. The van der Waals surface area contributed by atoms with Crippen LogP contribution >= 0.6 is 23.2 Å². The first kappa shape index (κ1) is 15.6. The van der Waals surface area contributed by atoms with E-state index in [1.54, 1.807) is 29.2 Å². The maximum atomic E-state index is 12.4. The molecule has 1 aliphatic heterocycles. The number of terminal acetylenes is 1. The highest BCUT2D eigenvalue weighted by Crippen LogP contribution is 2.31. The van der Waals surface area contributed by atoms with E-state index in [9.17, 15) is 4.79 Å². The Bertz CT molecular complexity index is 852. The molecule has 0 aromatic heterocycles. The number of halogens is 2. The monoisotopic (exact) mass is 342 g/mol. The fourth-order valence-electron chi connectivity index (χ4n) is 2.53. The summed E-state index contributed by atoms with van der Waals surface area (Å²) < 4.78 is 0. The topological polar surface area (TPSA) is 32.7 Å². The van der Waals surface area contributed by atoms with Crippen molar-refractivity contribution in [2.75, 3.05) is 18.0 Å². The van der Waals surface area contributed by atoms with Crippen LogP contribution in [-0.2, 0) is 4.79 Å². The van der Waals surface area contributed by atoms with E-state index in [0.29, 0.717) is 21.4 Å². The zero-order valence-corrected chi connectivity index (χ0v) is 13.6. The predicted molar refractivity (Wildman–Crippen MR) is 94.6 cm³/mol. The van der Waals surface area contributed by atoms with E-state index in [-0.39, 0.29) is 19.0 Å². The number of hydrogen-bond donors (Lipinski definition) is 0. The molecule has 23 heavy (non-hydrogen) atoms. The van der Waals surface area contributed by atoms with Gasteiger partial charge in [-0.05, 0) is 24.3 Å². The molecule has 0 fully saturated rings. The van der Waals surface area contributed by atoms with E-state index >= 15 is 0 Å². The fraction of sp³-hybridized carbons (Fsp3) is 0.111. The van der Waals surface area contributed by atoms with Crippen LogP contribution in [0.4, 0.5) is 5.69 Å². The molecule has 1 heterocycles. The first-order valence-corrected chi connectivity index (χ1v) is 7.70. The Hall–Kier alpha value is -2.28. The zero-order chi connectivity index (χ0) is 16.4.